The summed E-state index contributed by atoms with van der Waals surface area (Å²) < 4.78 is 68.5. The van der Waals surface area contributed by atoms with Crippen LogP contribution in [0.1, 0.15) is 18.9 Å². The number of benzene rings is 2. The van der Waals surface area contributed by atoms with Crippen molar-refractivity contribution >= 4 is 43.8 Å². The maximum absolute atomic E-state index is 14.6. The zero-order chi connectivity index (χ0) is 22.6. The van der Waals surface area contributed by atoms with Crippen LogP contribution in [0.4, 0.5) is 24.0 Å². The van der Waals surface area contributed by atoms with Crippen molar-refractivity contribution in [1.29, 1.82) is 0 Å². The molecule has 31 heavy (non-hydrogen) atoms. The fraction of sp³-hybridized carbons (Fsp3) is 0.250. The number of anilines is 2. The SMILES string of the molecule is CC[C@H](CNc1cc(F)c(S(=O)(=O)Nc2nccs2)cc1Cl)Cc1cc(F)cc(F)c1. The summed E-state index contributed by atoms with van der Waals surface area (Å²) in [4.78, 5) is 3.22. The molecule has 1 heterocycles. The highest BCUT2D eigenvalue weighted by molar-refractivity contribution is 7.93. The number of hydrogen-bond donors (Lipinski definition) is 2. The van der Waals surface area contributed by atoms with Gasteiger partial charge in [-0.25, -0.2) is 26.6 Å². The van der Waals surface area contributed by atoms with Crippen molar-refractivity contribution in [2.24, 2.45) is 5.92 Å². The van der Waals surface area contributed by atoms with Crippen molar-refractivity contribution in [3.63, 3.8) is 0 Å². The maximum Gasteiger partial charge on any atom is 0.266 e. The third kappa shape index (κ3) is 6.11. The first-order valence-corrected chi connectivity index (χ1v) is 12.0. The molecular formula is C20H19ClF3N3O2S2. The average Bonchev–Trinajstić information content (AvgIpc) is 3.18. The summed E-state index contributed by atoms with van der Waals surface area (Å²) >= 11 is 7.24. The van der Waals surface area contributed by atoms with Crippen molar-refractivity contribution in [3.05, 3.63) is 69.9 Å². The maximum atomic E-state index is 14.6. The van der Waals surface area contributed by atoms with Gasteiger partial charge < -0.3 is 5.32 Å². The molecule has 2 N–H and O–H groups in total. The van der Waals surface area contributed by atoms with Gasteiger partial charge in [-0.15, -0.1) is 11.3 Å². The second kappa shape index (κ2) is 9.88. The summed E-state index contributed by atoms with van der Waals surface area (Å²) in [5, 5.41) is 4.70. The van der Waals surface area contributed by atoms with Crippen LogP contribution in [0.2, 0.25) is 5.02 Å². The molecule has 0 aliphatic rings. The minimum atomic E-state index is -4.20. The van der Waals surface area contributed by atoms with Crippen LogP contribution in [0.5, 0.6) is 0 Å². The molecule has 0 fully saturated rings. The predicted molar refractivity (Wildman–Crippen MR) is 117 cm³/mol. The van der Waals surface area contributed by atoms with Gasteiger partial charge in [0.2, 0.25) is 0 Å². The van der Waals surface area contributed by atoms with E-state index in [1.807, 2.05) is 6.92 Å². The Morgan fingerprint density at radius 2 is 1.84 bits per heavy atom. The molecule has 0 saturated carbocycles. The number of rotatable bonds is 9. The number of nitrogens with one attached hydrogen (secondary N) is 2. The first-order chi connectivity index (χ1) is 14.7. The Kier molecular flexibility index (Phi) is 7.45. The molecule has 5 nitrogen and oxygen atoms in total. The van der Waals surface area contributed by atoms with E-state index in [1.165, 1.54) is 18.3 Å². The molecule has 0 radical (unpaired) electrons. The first-order valence-electron chi connectivity index (χ1n) is 9.28. The number of aromatic nitrogens is 1. The fourth-order valence-electron chi connectivity index (χ4n) is 2.99. The van der Waals surface area contributed by atoms with Crippen LogP contribution in [0, 0.1) is 23.4 Å². The van der Waals surface area contributed by atoms with Crippen LogP contribution in [-0.2, 0) is 16.4 Å². The van der Waals surface area contributed by atoms with E-state index in [2.05, 4.69) is 15.0 Å². The number of halogens is 4. The Morgan fingerprint density at radius 3 is 2.45 bits per heavy atom. The zero-order valence-electron chi connectivity index (χ0n) is 16.3. The van der Waals surface area contributed by atoms with E-state index in [0.717, 1.165) is 29.5 Å². The lowest BCUT2D eigenvalue weighted by Crippen LogP contribution is -2.18. The number of nitrogens with zero attached hydrogens (tertiary/aromatic N) is 1. The van der Waals surface area contributed by atoms with Gasteiger partial charge in [0.25, 0.3) is 10.0 Å². The zero-order valence-corrected chi connectivity index (χ0v) is 18.7. The highest BCUT2D eigenvalue weighted by atomic mass is 35.5. The van der Waals surface area contributed by atoms with E-state index in [0.29, 0.717) is 24.9 Å². The van der Waals surface area contributed by atoms with Crippen LogP contribution in [-0.4, -0.2) is 19.9 Å². The third-order valence-corrected chi connectivity index (χ3v) is 7.05. The van der Waals surface area contributed by atoms with E-state index in [-0.39, 0.29) is 21.8 Å². The van der Waals surface area contributed by atoms with Crippen LogP contribution in [0.15, 0.2) is 46.8 Å². The van der Waals surface area contributed by atoms with Crippen LogP contribution in [0.25, 0.3) is 0 Å². The Hall–Kier alpha value is -2.30. The van der Waals surface area contributed by atoms with Gasteiger partial charge in [-0.2, -0.15) is 0 Å². The highest BCUT2D eigenvalue weighted by Crippen LogP contribution is 2.30. The second-order valence-electron chi connectivity index (χ2n) is 6.84. The standard InChI is InChI=1S/C20H19ClF3N3O2S2/c1-2-12(5-13-6-14(22)8-15(23)7-13)11-26-18-10-17(24)19(9-16(18)21)31(28,29)27-20-25-3-4-30-20/h3-4,6-10,12,26H,2,5,11H2,1H3,(H,25,27)/t12-/m0/s1. The van der Waals surface area contributed by atoms with Gasteiger partial charge >= 0.3 is 0 Å². The van der Waals surface area contributed by atoms with E-state index < -0.39 is 32.4 Å². The molecule has 166 valence electrons. The van der Waals surface area contributed by atoms with Crippen molar-refractivity contribution in [3.8, 4) is 0 Å². The molecule has 0 amide bonds. The highest BCUT2D eigenvalue weighted by Gasteiger charge is 2.22. The minimum Gasteiger partial charge on any atom is -0.383 e. The molecule has 0 aliphatic carbocycles. The smallest absolute Gasteiger partial charge is 0.266 e. The number of thiazole rings is 1. The molecule has 1 atom stereocenters. The minimum absolute atomic E-state index is 0.0182. The van der Waals surface area contributed by atoms with Crippen LogP contribution in [0.3, 0.4) is 0 Å². The van der Waals surface area contributed by atoms with Gasteiger partial charge in [-0.1, -0.05) is 24.9 Å². The Labute approximate surface area is 187 Å². The third-order valence-electron chi connectivity index (χ3n) is 4.57. The number of sulfonamides is 1. The Morgan fingerprint density at radius 1 is 1.13 bits per heavy atom. The van der Waals surface area contributed by atoms with Crippen molar-refractivity contribution in [2.75, 3.05) is 16.6 Å². The van der Waals surface area contributed by atoms with Gasteiger partial charge in [0.05, 0.1) is 10.7 Å². The molecule has 1 aromatic heterocycles. The summed E-state index contributed by atoms with van der Waals surface area (Å²) in [6.45, 7) is 2.27. The molecule has 0 aliphatic heterocycles. The molecule has 3 aromatic rings. The second-order valence-corrected chi connectivity index (χ2v) is 9.79. The number of hydrogen-bond acceptors (Lipinski definition) is 5. The summed E-state index contributed by atoms with van der Waals surface area (Å²) in [6, 6.07) is 5.39. The largest absolute Gasteiger partial charge is 0.383 e. The van der Waals surface area contributed by atoms with E-state index in [9.17, 15) is 21.6 Å². The Bertz CT molecular complexity index is 1140. The monoisotopic (exact) mass is 489 g/mol. The quantitative estimate of drug-likeness (QED) is 0.404. The van der Waals surface area contributed by atoms with Gasteiger partial charge in [0.15, 0.2) is 5.13 Å². The lowest BCUT2D eigenvalue weighted by molar-refractivity contribution is 0.523. The summed E-state index contributed by atoms with van der Waals surface area (Å²) in [5.41, 5.74) is 0.731. The van der Waals surface area contributed by atoms with E-state index in [1.54, 1.807) is 5.38 Å². The van der Waals surface area contributed by atoms with E-state index >= 15 is 0 Å². The van der Waals surface area contributed by atoms with Crippen molar-refractivity contribution in [2.45, 2.75) is 24.7 Å². The van der Waals surface area contributed by atoms with Gasteiger partial charge in [-0.3, -0.25) is 4.72 Å². The van der Waals surface area contributed by atoms with Crippen molar-refractivity contribution in [1.82, 2.24) is 4.98 Å². The van der Waals surface area contributed by atoms with Gasteiger partial charge in [0, 0.05) is 24.2 Å². The Balaban J connectivity index is 1.72. The lowest BCUT2D eigenvalue weighted by Gasteiger charge is -2.18. The average molecular weight is 490 g/mol. The molecular weight excluding hydrogens is 471 g/mol. The molecule has 0 unspecified atom stereocenters. The summed E-state index contributed by atoms with van der Waals surface area (Å²) in [7, 11) is -4.20. The molecule has 0 bridgehead atoms. The molecule has 3 rings (SSSR count). The molecule has 2 aromatic carbocycles. The fourth-order valence-corrected chi connectivity index (χ4v) is 5.16. The normalized spacial score (nSPS) is 12.5. The summed E-state index contributed by atoms with van der Waals surface area (Å²) in [6.07, 6.45) is 2.51. The van der Waals surface area contributed by atoms with Gasteiger partial charge in [0.1, 0.15) is 22.3 Å². The van der Waals surface area contributed by atoms with Crippen molar-refractivity contribution < 1.29 is 21.6 Å². The predicted octanol–water partition coefficient (Wildman–Crippen LogP) is 5.70. The molecule has 0 saturated heterocycles. The molecule has 0 spiro atoms. The topological polar surface area (TPSA) is 71.1 Å². The van der Waals surface area contributed by atoms with E-state index in [4.69, 9.17) is 11.6 Å². The summed E-state index contributed by atoms with van der Waals surface area (Å²) in [5.74, 6) is -2.29. The molecule has 11 heteroatoms. The first kappa shape index (κ1) is 23.4. The lowest BCUT2D eigenvalue weighted by atomic mass is 9.96. The van der Waals surface area contributed by atoms with Crippen LogP contribution >= 0.6 is 22.9 Å². The van der Waals surface area contributed by atoms with Crippen LogP contribution < -0.4 is 10.0 Å². The van der Waals surface area contributed by atoms with Gasteiger partial charge in [-0.05, 0) is 42.2 Å².